The summed E-state index contributed by atoms with van der Waals surface area (Å²) in [6, 6.07) is 14.3. The van der Waals surface area contributed by atoms with Crippen LogP contribution in [0.1, 0.15) is 17.2 Å². The summed E-state index contributed by atoms with van der Waals surface area (Å²) >= 11 is 0. The maximum absolute atomic E-state index is 12.4. The fourth-order valence-corrected chi connectivity index (χ4v) is 3.60. The Hall–Kier alpha value is -2.01. The molecule has 0 saturated heterocycles. The summed E-state index contributed by atoms with van der Waals surface area (Å²) in [5.74, 6) is 2.58. The molecule has 1 atom stereocenters. The first kappa shape index (κ1) is 13.9. The normalized spacial score (nSPS) is 12.7. The molecule has 0 N–H and O–H groups in total. The Morgan fingerprint density at radius 1 is 1.05 bits per heavy atom. The molecular formula is C16H17N3OS. The molecule has 0 aliphatic carbocycles. The maximum atomic E-state index is 12.4. The highest BCUT2D eigenvalue weighted by Gasteiger charge is 2.11. The van der Waals surface area contributed by atoms with Crippen molar-refractivity contribution in [2.24, 2.45) is 7.05 Å². The number of nitrogens with zero attached hydrogens (tertiary/aromatic N) is 3. The van der Waals surface area contributed by atoms with Gasteiger partial charge in [0, 0.05) is 23.6 Å². The van der Waals surface area contributed by atoms with Crippen LogP contribution < -0.4 is 0 Å². The lowest BCUT2D eigenvalue weighted by Crippen LogP contribution is -2.06. The van der Waals surface area contributed by atoms with Gasteiger partial charge in [-0.05, 0) is 23.3 Å². The molecule has 0 aliphatic rings. The smallest absolute Gasteiger partial charge is 0.145 e. The van der Waals surface area contributed by atoms with E-state index in [1.807, 2.05) is 42.8 Å². The molecule has 5 heteroatoms. The van der Waals surface area contributed by atoms with Crippen molar-refractivity contribution in [3.05, 3.63) is 59.7 Å². The van der Waals surface area contributed by atoms with E-state index in [9.17, 15) is 4.21 Å². The molecule has 1 heterocycles. The van der Waals surface area contributed by atoms with Gasteiger partial charge in [0.1, 0.15) is 11.6 Å². The fraction of sp³-hybridized carbons (Fsp3) is 0.250. The lowest BCUT2D eigenvalue weighted by Gasteiger charge is -2.07. The van der Waals surface area contributed by atoms with Gasteiger partial charge in [-0.25, -0.2) is 0 Å². The highest BCUT2D eigenvalue weighted by atomic mass is 32.2. The number of aromatic nitrogens is 3. The first-order valence-electron chi connectivity index (χ1n) is 6.81. The van der Waals surface area contributed by atoms with Gasteiger partial charge in [-0.15, -0.1) is 10.2 Å². The molecule has 0 unspecified atom stereocenters. The molecule has 1 aromatic heterocycles. The number of benzene rings is 2. The summed E-state index contributed by atoms with van der Waals surface area (Å²) in [7, 11) is 0.904. The Kier molecular flexibility index (Phi) is 3.84. The molecule has 0 spiro atoms. The minimum absolute atomic E-state index is 0.431. The van der Waals surface area contributed by atoms with Gasteiger partial charge < -0.3 is 4.57 Å². The van der Waals surface area contributed by atoms with Crippen LogP contribution in [0.3, 0.4) is 0 Å². The van der Waals surface area contributed by atoms with Crippen molar-refractivity contribution < 1.29 is 4.21 Å². The topological polar surface area (TPSA) is 47.8 Å². The molecule has 2 aromatic carbocycles. The lowest BCUT2D eigenvalue weighted by molar-refractivity contribution is 0.679. The summed E-state index contributed by atoms with van der Waals surface area (Å²) in [6.07, 6.45) is 0. The van der Waals surface area contributed by atoms with Crippen molar-refractivity contribution in [3.8, 4) is 0 Å². The largest absolute Gasteiger partial charge is 0.318 e. The second-order valence-corrected chi connectivity index (χ2v) is 6.55. The predicted molar refractivity (Wildman–Crippen MR) is 85.2 cm³/mol. The van der Waals surface area contributed by atoms with E-state index < -0.39 is 10.8 Å². The minimum atomic E-state index is -0.998. The van der Waals surface area contributed by atoms with Gasteiger partial charge in [-0.2, -0.15) is 0 Å². The zero-order valence-electron chi connectivity index (χ0n) is 12.1. The van der Waals surface area contributed by atoms with Gasteiger partial charge in [0.25, 0.3) is 0 Å². The van der Waals surface area contributed by atoms with Crippen molar-refractivity contribution in [2.45, 2.75) is 18.4 Å². The number of hydrogen-bond donors (Lipinski definition) is 0. The number of hydrogen-bond acceptors (Lipinski definition) is 3. The average molecular weight is 299 g/mol. The number of fused-ring (bicyclic) bond motifs is 1. The number of aryl methyl sites for hydroxylation is 1. The van der Waals surface area contributed by atoms with E-state index in [0.29, 0.717) is 11.5 Å². The van der Waals surface area contributed by atoms with Gasteiger partial charge in [0.05, 0.1) is 5.75 Å². The summed E-state index contributed by atoms with van der Waals surface area (Å²) in [5, 5.41) is 10.4. The summed E-state index contributed by atoms with van der Waals surface area (Å²) in [4.78, 5) is 0. The van der Waals surface area contributed by atoms with Gasteiger partial charge in [0.15, 0.2) is 0 Å². The third-order valence-electron chi connectivity index (χ3n) is 3.67. The van der Waals surface area contributed by atoms with Crippen LogP contribution in [-0.2, 0) is 29.4 Å². The zero-order chi connectivity index (χ0) is 14.8. The fourth-order valence-electron chi connectivity index (χ4n) is 2.36. The molecule has 3 rings (SSSR count). The Balaban J connectivity index is 1.82. The van der Waals surface area contributed by atoms with E-state index in [4.69, 9.17) is 0 Å². The van der Waals surface area contributed by atoms with Crippen LogP contribution in [0.5, 0.6) is 0 Å². The first-order valence-corrected chi connectivity index (χ1v) is 8.30. The van der Waals surface area contributed by atoms with Crippen LogP contribution in [-0.4, -0.2) is 19.0 Å². The maximum Gasteiger partial charge on any atom is 0.145 e. The van der Waals surface area contributed by atoms with Gasteiger partial charge in [0.2, 0.25) is 0 Å². The standard InChI is InChI=1S/C16H17N3OS/c1-12-17-18-16(19(12)2)11-21(20)10-14-8-5-7-13-6-3-4-9-15(13)14/h3-9H,10-11H2,1-2H3/t21-/m0/s1. The molecule has 0 amide bonds. The van der Waals surface area contributed by atoms with E-state index in [1.54, 1.807) is 0 Å². The molecule has 0 radical (unpaired) electrons. The Morgan fingerprint density at radius 3 is 2.57 bits per heavy atom. The summed E-state index contributed by atoms with van der Waals surface area (Å²) < 4.78 is 14.3. The molecular weight excluding hydrogens is 282 g/mol. The Labute approximate surface area is 126 Å². The quantitative estimate of drug-likeness (QED) is 0.744. The van der Waals surface area contributed by atoms with Crippen LogP contribution in [0.25, 0.3) is 10.8 Å². The molecule has 4 nitrogen and oxygen atoms in total. The van der Waals surface area contributed by atoms with E-state index in [1.165, 1.54) is 10.8 Å². The lowest BCUT2D eigenvalue weighted by atomic mass is 10.1. The molecule has 108 valence electrons. The minimum Gasteiger partial charge on any atom is -0.318 e. The first-order chi connectivity index (χ1) is 10.1. The summed E-state index contributed by atoms with van der Waals surface area (Å²) in [5.41, 5.74) is 1.12. The molecule has 0 bridgehead atoms. The van der Waals surface area contributed by atoms with Crippen molar-refractivity contribution in [1.82, 2.24) is 14.8 Å². The van der Waals surface area contributed by atoms with Gasteiger partial charge in [-0.3, -0.25) is 4.21 Å². The molecule has 0 aliphatic heterocycles. The summed E-state index contributed by atoms with van der Waals surface area (Å²) in [6.45, 7) is 1.89. The van der Waals surface area contributed by atoms with E-state index in [0.717, 1.165) is 17.2 Å². The van der Waals surface area contributed by atoms with Gasteiger partial charge >= 0.3 is 0 Å². The molecule has 3 aromatic rings. The number of rotatable bonds is 4. The van der Waals surface area contributed by atoms with E-state index >= 15 is 0 Å². The van der Waals surface area contributed by atoms with Crippen LogP contribution in [0.4, 0.5) is 0 Å². The SMILES string of the molecule is Cc1nnc(C[S@@](=O)Cc2cccc3ccccc23)n1C. The highest BCUT2D eigenvalue weighted by Crippen LogP contribution is 2.20. The van der Waals surface area contributed by atoms with Crippen molar-refractivity contribution in [3.63, 3.8) is 0 Å². The van der Waals surface area contributed by atoms with Crippen molar-refractivity contribution >= 4 is 21.6 Å². The van der Waals surface area contributed by atoms with Crippen molar-refractivity contribution in [1.29, 1.82) is 0 Å². The third kappa shape index (κ3) is 2.88. The van der Waals surface area contributed by atoms with Crippen molar-refractivity contribution in [2.75, 3.05) is 0 Å². The Morgan fingerprint density at radius 2 is 1.81 bits per heavy atom. The van der Waals surface area contributed by atoms with E-state index in [-0.39, 0.29) is 0 Å². The van der Waals surface area contributed by atoms with Crippen LogP contribution in [0.15, 0.2) is 42.5 Å². The van der Waals surface area contributed by atoms with Crippen LogP contribution >= 0.6 is 0 Å². The highest BCUT2D eigenvalue weighted by molar-refractivity contribution is 7.83. The molecule has 0 saturated carbocycles. The second-order valence-electron chi connectivity index (χ2n) is 5.09. The van der Waals surface area contributed by atoms with Gasteiger partial charge in [-0.1, -0.05) is 42.5 Å². The zero-order valence-corrected chi connectivity index (χ0v) is 12.9. The molecule has 21 heavy (non-hydrogen) atoms. The average Bonchev–Trinajstić information content (AvgIpc) is 2.80. The molecule has 0 fully saturated rings. The monoisotopic (exact) mass is 299 g/mol. The van der Waals surface area contributed by atoms with E-state index in [2.05, 4.69) is 28.4 Å². The van der Waals surface area contributed by atoms with Crippen LogP contribution in [0, 0.1) is 6.92 Å². The predicted octanol–water partition coefficient (Wildman–Crippen LogP) is 2.73. The van der Waals surface area contributed by atoms with Crippen LogP contribution in [0.2, 0.25) is 0 Å². The third-order valence-corrected chi connectivity index (χ3v) is 4.88. The Bertz CT molecular complexity index is 805. The second kappa shape index (κ2) is 5.77.